The van der Waals surface area contributed by atoms with Crippen LogP contribution in [0.4, 0.5) is 15.1 Å². The molecule has 2 aliphatic carbocycles. The molecule has 37 heavy (non-hydrogen) atoms. The van der Waals surface area contributed by atoms with Crippen molar-refractivity contribution in [2.75, 3.05) is 16.8 Å². The fourth-order valence-corrected chi connectivity index (χ4v) is 6.75. The highest BCUT2D eigenvalue weighted by Gasteiger charge is 2.39. The molecule has 2 aromatic heterocycles. The summed E-state index contributed by atoms with van der Waals surface area (Å²) in [6, 6.07) is 7.86. The Morgan fingerprint density at radius 3 is 2.65 bits per heavy atom. The molecule has 6 rings (SSSR count). The van der Waals surface area contributed by atoms with Crippen molar-refractivity contribution in [2.24, 2.45) is 7.05 Å². The number of aryl methyl sites for hydroxylation is 1. The number of halogens is 1. The maximum atomic E-state index is 15.1. The summed E-state index contributed by atoms with van der Waals surface area (Å²) < 4.78 is 21.4. The minimum Gasteiger partial charge on any atom is -0.369 e. The minimum atomic E-state index is -0.220. The summed E-state index contributed by atoms with van der Waals surface area (Å²) in [5, 5.41) is 5.10. The van der Waals surface area contributed by atoms with Crippen molar-refractivity contribution < 1.29 is 9.18 Å². The summed E-state index contributed by atoms with van der Waals surface area (Å²) in [4.78, 5) is 19.4. The normalized spacial score (nSPS) is 18.4. The van der Waals surface area contributed by atoms with Gasteiger partial charge in [0.2, 0.25) is 0 Å². The Morgan fingerprint density at radius 2 is 2.00 bits per heavy atom. The quantitative estimate of drug-likeness (QED) is 0.363. The van der Waals surface area contributed by atoms with Gasteiger partial charge in [0, 0.05) is 37.4 Å². The van der Waals surface area contributed by atoms with E-state index in [1.54, 1.807) is 45.1 Å². The van der Waals surface area contributed by atoms with Crippen molar-refractivity contribution in [2.45, 2.75) is 61.5 Å². The molecule has 0 radical (unpaired) electrons. The van der Waals surface area contributed by atoms with Gasteiger partial charge in [-0.3, -0.25) is 19.1 Å². The van der Waals surface area contributed by atoms with Gasteiger partial charge in [-0.25, -0.2) is 4.39 Å². The van der Waals surface area contributed by atoms with Crippen LogP contribution in [0.2, 0.25) is 0 Å². The lowest BCUT2D eigenvalue weighted by Crippen LogP contribution is -2.42. The van der Waals surface area contributed by atoms with E-state index in [1.807, 2.05) is 48.3 Å². The molecule has 1 amide bonds. The molecule has 0 bridgehead atoms. The number of thiophene rings is 1. The second-order valence-electron chi connectivity index (χ2n) is 10.6. The largest absolute Gasteiger partial charge is 0.369 e. The maximum absolute atomic E-state index is 15.1. The molecule has 1 N–H and O–H groups in total. The Hall–Kier alpha value is -2.82. The van der Waals surface area contributed by atoms with Gasteiger partial charge in [0.25, 0.3) is 5.91 Å². The van der Waals surface area contributed by atoms with E-state index in [9.17, 15) is 4.79 Å². The van der Waals surface area contributed by atoms with Gasteiger partial charge < -0.3 is 9.80 Å². The summed E-state index contributed by atoms with van der Waals surface area (Å²) in [7, 11) is 3.81. The predicted molar refractivity (Wildman–Crippen MR) is 147 cm³/mol. The molecule has 3 aromatic rings. The van der Waals surface area contributed by atoms with Gasteiger partial charge in [-0.15, -0.1) is 11.3 Å². The first-order chi connectivity index (χ1) is 17.7. The molecule has 0 atom stereocenters. The van der Waals surface area contributed by atoms with E-state index in [4.69, 9.17) is 0 Å². The second-order valence-corrected chi connectivity index (χ2v) is 12.7. The smallest absolute Gasteiger partial charge is 0.262 e. The van der Waals surface area contributed by atoms with Gasteiger partial charge in [0.05, 0.1) is 34.7 Å². The van der Waals surface area contributed by atoms with Crippen LogP contribution in [0.5, 0.6) is 0 Å². The Labute approximate surface area is 225 Å². The van der Waals surface area contributed by atoms with Crippen molar-refractivity contribution in [1.29, 1.82) is 0 Å². The van der Waals surface area contributed by atoms with Crippen LogP contribution in [0.25, 0.3) is 0 Å². The van der Waals surface area contributed by atoms with Crippen LogP contribution in [0, 0.1) is 5.82 Å². The molecule has 10 heteroatoms. The Morgan fingerprint density at radius 1 is 1.24 bits per heavy atom. The van der Waals surface area contributed by atoms with E-state index >= 15 is 4.39 Å². The molecule has 194 valence electrons. The minimum absolute atomic E-state index is 0.0755. The number of benzene rings is 1. The van der Waals surface area contributed by atoms with Crippen LogP contribution in [0.1, 0.15) is 54.1 Å². The zero-order valence-electron chi connectivity index (χ0n) is 21.3. The maximum Gasteiger partial charge on any atom is 0.262 e. The van der Waals surface area contributed by atoms with Crippen LogP contribution < -0.4 is 14.5 Å². The molecule has 7 nitrogen and oxygen atoms in total. The third-order valence-electron chi connectivity index (χ3n) is 7.36. The lowest BCUT2D eigenvalue weighted by molar-refractivity contribution is 0.0783. The molecule has 1 aliphatic heterocycles. The van der Waals surface area contributed by atoms with Crippen molar-refractivity contribution in [3.05, 3.63) is 71.6 Å². The van der Waals surface area contributed by atoms with Crippen LogP contribution in [0.3, 0.4) is 0 Å². The first-order valence-electron chi connectivity index (χ1n) is 12.6. The number of aromatic nitrogens is 2. The fourth-order valence-electron chi connectivity index (χ4n) is 4.59. The van der Waals surface area contributed by atoms with Crippen LogP contribution in [-0.4, -0.2) is 39.2 Å². The summed E-state index contributed by atoms with van der Waals surface area (Å²) in [5.41, 5.74) is 3.21. The molecule has 0 spiro atoms. The zero-order chi connectivity index (χ0) is 25.9. The predicted octanol–water partition coefficient (Wildman–Crippen LogP) is 5.50. The third kappa shape index (κ3) is 4.89. The molecular formula is C27H31FN6OS2. The number of rotatable bonds is 9. The Kier molecular flexibility index (Phi) is 6.08. The number of fused-ring (bicyclic) bond motifs is 1. The van der Waals surface area contributed by atoms with Gasteiger partial charge in [-0.2, -0.15) is 5.10 Å². The first-order valence-corrected chi connectivity index (χ1v) is 14.2. The second kappa shape index (κ2) is 9.18. The fraction of sp³-hybridized carbons (Fsp3) is 0.407. The summed E-state index contributed by atoms with van der Waals surface area (Å²) in [6.45, 7) is 7.32. The summed E-state index contributed by atoms with van der Waals surface area (Å²) in [5.74, 6) is 0.289. The summed E-state index contributed by atoms with van der Waals surface area (Å²) in [6.07, 6.45) is 8.20. The monoisotopic (exact) mass is 538 g/mol. The highest BCUT2D eigenvalue weighted by Crippen LogP contribution is 2.45. The van der Waals surface area contributed by atoms with Crippen molar-refractivity contribution in [3.63, 3.8) is 0 Å². The first kappa shape index (κ1) is 24.5. The van der Waals surface area contributed by atoms with E-state index in [1.165, 1.54) is 0 Å². The average molecular weight is 539 g/mol. The van der Waals surface area contributed by atoms with Gasteiger partial charge in [0.1, 0.15) is 16.6 Å². The van der Waals surface area contributed by atoms with Gasteiger partial charge >= 0.3 is 0 Å². The van der Waals surface area contributed by atoms with E-state index in [2.05, 4.69) is 23.3 Å². The van der Waals surface area contributed by atoms with Crippen LogP contribution >= 0.6 is 23.3 Å². The number of anilines is 2. The third-order valence-corrected chi connectivity index (χ3v) is 9.72. The lowest BCUT2D eigenvalue weighted by Gasteiger charge is -2.38. The standard InChI is InChI=1S/C27H31FN6OS2/c1-17-33(16-19-13-29-31(3)14-19)25(35)21-12-24(37-30-27(2)9-10-27)36-26(21)34(17)15-18-5-8-23(22(28)11-18)32(4)20-6-7-20/h5,8,11-14,20,30H,1,6-7,9-10,15-16H2,2-4H3. The van der Waals surface area contributed by atoms with Gasteiger partial charge in [0.15, 0.2) is 0 Å². The highest BCUT2D eigenvalue weighted by atomic mass is 32.2. The number of hydrogen-bond acceptors (Lipinski definition) is 7. The van der Waals surface area contributed by atoms with Crippen LogP contribution in [-0.2, 0) is 20.1 Å². The number of carbonyl (C=O) groups excluding carboxylic acids is 1. The number of hydrogen-bond donors (Lipinski definition) is 1. The molecular weight excluding hydrogens is 507 g/mol. The number of amides is 1. The lowest BCUT2D eigenvalue weighted by atomic mass is 10.1. The highest BCUT2D eigenvalue weighted by molar-refractivity contribution is 7.99. The van der Waals surface area contributed by atoms with E-state index in [0.29, 0.717) is 36.2 Å². The molecule has 3 aliphatic rings. The molecule has 0 unspecified atom stereocenters. The molecule has 0 saturated heterocycles. The molecule has 2 fully saturated rings. The molecule has 1 aromatic carbocycles. The number of carbonyl (C=O) groups is 1. The average Bonchev–Trinajstić information content (AvgIpc) is 3.77. The zero-order valence-corrected chi connectivity index (χ0v) is 23.0. The van der Waals surface area contributed by atoms with E-state index < -0.39 is 0 Å². The molecule has 3 heterocycles. The SMILES string of the molecule is C=C1N(Cc2cnn(C)c2)C(=O)c2cc(SNC3(C)CC3)sc2N1Cc1ccc(N(C)C2CC2)c(F)c1. The summed E-state index contributed by atoms with van der Waals surface area (Å²) >= 11 is 3.16. The topological polar surface area (TPSA) is 56.6 Å². The Bertz CT molecular complexity index is 1370. The number of nitrogens with zero attached hydrogens (tertiary/aromatic N) is 5. The van der Waals surface area contributed by atoms with Gasteiger partial charge in [-0.1, -0.05) is 12.6 Å². The Balaban J connectivity index is 1.30. The number of nitrogens with one attached hydrogen (secondary N) is 1. The van der Waals surface area contributed by atoms with Crippen molar-refractivity contribution in [3.8, 4) is 0 Å². The van der Waals surface area contributed by atoms with Gasteiger partial charge in [-0.05, 0) is 68.3 Å². The molecule has 2 saturated carbocycles. The van der Waals surface area contributed by atoms with Crippen molar-refractivity contribution in [1.82, 2.24) is 19.4 Å². The van der Waals surface area contributed by atoms with Crippen LogP contribution in [0.15, 0.2) is 53.3 Å². The van der Waals surface area contributed by atoms with E-state index in [0.717, 1.165) is 46.0 Å². The van der Waals surface area contributed by atoms with Crippen molar-refractivity contribution >= 4 is 39.9 Å². The van der Waals surface area contributed by atoms with E-state index in [-0.39, 0.29) is 17.3 Å².